The summed E-state index contributed by atoms with van der Waals surface area (Å²) in [5, 5.41) is 3.71. The van der Waals surface area contributed by atoms with Crippen molar-refractivity contribution in [2.24, 2.45) is 11.1 Å². The van der Waals surface area contributed by atoms with Gasteiger partial charge >= 0.3 is 0 Å². The Labute approximate surface area is 116 Å². The number of rotatable bonds is 5. The molecule has 1 fully saturated rings. The normalized spacial score (nSPS) is 23.3. The zero-order valence-electron chi connectivity index (χ0n) is 12.3. The minimum atomic E-state index is 0.176. The Morgan fingerprint density at radius 2 is 2.16 bits per heavy atom. The van der Waals surface area contributed by atoms with Crippen LogP contribution in [0.15, 0.2) is 24.3 Å². The van der Waals surface area contributed by atoms with Crippen molar-refractivity contribution in [1.29, 1.82) is 0 Å². The van der Waals surface area contributed by atoms with Crippen LogP contribution in [0.3, 0.4) is 0 Å². The molecule has 19 heavy (non-hydrogen) atoms. The quantitative estimate of drug-likeness (QED) is 0.858. The van der Waals surface area contributed by atoms with Crippen LogP contribution in [-0.4, -0.2) is 19.7 Å². The van der Waals surface area contributed by atoms with Gasteiger partial charge in [0.1, 0.15) is 5.75 Å². The van der Waals surface area contributed by atoms with Crippen molar-refractivity contribution in [2.75, 3.05) is 13.7 Å². The summed E-state index contributed by atoms with van der Waals surface area (Å²) in [5.74, 6) is 0.919. The van der Waals surface area contributed by atoms with Gasteiger partial charge in [0.2, 0.25) is 0 Å². The monoisotopic (exact) mass is 262 g/mol. The largest absolute Gasteiger partial charge is 0.496 e. The molecule has 0 radical (unpaired) electrons. The number of benzene rings is 1. The molecule has 0 aromatic heterocycles. The Hall–Kier alpha value is -1.06. The van der Waals surface area contributed by atoms with Crippen LogP contribution >= 0.6 is 0 Å². The predicted octanol–water partition coefficient (Wildman–Crippen LogP) is 2.86. The lowest BCUT2D eigenvalue weighted by Crippen LogP contribution is -2.36. The first-order valence-corrected chi connectivity index (χ1v) is 7.15. The van der Waals surface area contributed by atoms with Crippen molar-refractivity contribution in [3.8, 4) is 5.75 Å². The van der Waals surface area contributed by atoms with Crippen LogP contribution in [0.1, 0.15) is 44.7 Å². The van der Waals surface area contributed by atoms with Gasteiger partial charge in [0.25, 0.3) is 0 Å². The zero-order valence-corrected chi connectivity index (χ0v) is 12.3. The van der Waals surface area contributed by atoms with Crippen molar-refractivity contribution in [3.05, 3.63) is 29.8 Å². The van der Waals surface area contributed by atoms with Gasteiger partial charge in [0, 0.05) is 24.2 Å². The third kappa shape index (κ3) is 3.48. The lowest BCUT2D eigenvalue weighted by Gasteiger charge is -2.25. The third-order valence-corrected chi connectivity index (χ3v) is 4.16. The first kappa shape index (κ1) is 14.4. The highest BCUT2D eigenvalue weighted by Gasteiger charge is 2.32. The zero-order chi connectivity index (χ0) is 13.9. The minimum absolute atomic E-state index is 0.176. The van der Waals surface area contributed by atoms with Crippen molar-refractivity contribution in [1.82, 2.24) is 5.32 Å². The molecule has 1 aromatic rings. The lowest BCUT2D eigenvalue weighted by atomic mass is 9.91. The van der Waals surface area contributed by atoms with Gasteiger partial charge in [0.15, 0.2) is 0 Å². The summed E-state index contributed by atoms with van der Waals surface area (Å²) in [7, 11) is 1.71. The van der Waals surface area contributed by atoms with Gasteiger partial charge in [-0.2, -0.15) is 0 Å². The van der Waals surface area contributed by atoms with E-state index in [1.807, 2.05) is 18.2 Å². The fourth-order valence-electron chi connectivity index (χ4n) is 3.10. The van der Waals surface area contributed by atoms with Crippen LogP contribution in [0.5, 0.6) is 5.75 Å². The van der Waals surface area contributed by atoms with Crippen LogP contribution in [0.2, 0.25) is 0 Å². The topological polar surface area (TPSA) is 47.3 Å². The lowest BCUT2D eigenvalue weighted by molar-refractivity contribution is 0.348. The fraction of sp³-hybridized carbons (Fsp3) is 0.625. The van der Waals surface area contributed by atoms with E-state index in [1.165, 1.54) is 19.3 Å². The first-order chi connectivity index (χ1) is 9.05. The predicted molar refractivity (Wildman–Crippen MR) is 79.3 cm³/mol. The number of nitrogens with two attached hydrogens (primary N) is 1. The average Bonchev–Trinajstić information content (AvgIpc) is 2.75. The summed E-state index contributed by atoms with van der Waals surface area (Å²) < 4.78 is 5.44. The molecule has 1 aliphatic carbocycles. The van der Waals surface area contributed by atoms with Crippen LogP contribution in [0.25, 0.3) is 0 Å². The van der Waals surface area contributed by atoms with Crippen molar-refractivity contribution in [3.63, 3.8) is 0 Å². The Bertz CT molecular complexity index is 417. The van der Waals surface area contributed by atoms with Gasteiger partial charge in [-0.25, -0.2) is 0 Å². The molecule has 3 nitrogen and oxygen atoms in total. The number of hydrogen-bond acceptors (Lipinski definition) is 3. The molecule has 0 aliphatic heterocycles. The van der Waals surface area contributed by atoms with E-state index in [4.69, 9.17) is 10.5 Å². The van der Waals surface area contributed by atoms with Crippen molar-refractivity contribution in [2.45, 2.75) is 45.2 Å². The molecular formula is C16H26N2O. The first-order valence-electron chi connectivity index (χ1n) is 7.15. The van der Waals surface area contributed by atoms with E-state index in [0.29, 0.717) is 18.0 Å². The second-order valence-corrected chi connectivity index (χ2v) is 6.30. The second-order valence-electron chi connectivity index (χ2n) is 6.30. The minimum Gasteiger partial charge on any atom is -0.496 e. The van der Waals surface area contributed by atoms with Crippen LogP contribution in [0.4, 0.5) is 0 Å². The van der Waals surface area contributed by atoms with E-state index in [2.05, 4.69) is 25.2 Å². The highest BCUT2D eigenvalue weighted by atomic mass is 16.5. The molecule has 0 bridgehead atoms. The fourth-order valence-corrected chi connectivity index (χ4v) is 3.10. The Balaban J connectivity index is 2.08. The van der Waals surface area contributed by atoms with E-state index >= 15 is 0 Å². The molecule has 0 saturated heterocycles. The number of hydrogen-bond donors (Lipinski definition) is 2. The molecule has 0 spiro atoms. The molecule has 1 saturated carbocycles. The molecule has 3 heteroatoms. The Kier molecular flexibility index (Phi) is 4.48. The maximum Gasteiger partial charge on any atom is 0.123 e. The van der Waals surface area contributed by atoms with Crippen molar-refractivity contribution >= 4 is 0 Å². The van der Waals surface area contributed by atoms with E-state index < -0.39 is 0 Å². The molecule has 2 rings (SSSR count). The second kappa shape index (κ2) is 5.93. The Morgan fingerprint density at radius 3 is 2.74 bits per heavy atom. The SMILES string of the molecule is COc1ccccc1C(CN)NC1CCC(C)(C)C1. The average molecular weight is 262 g/mol. The van der Waals surface area contributed by atoms with Crippen LogP contribution in [-0.2, 0) is 0 Å². The summed E-state index contributed by atoms with van der Waals surface area (Å²) >= 11 is 0. The molecule has 1 aromatic carbocycles. The highest BCUT2D eigenvalue weighted by molar-refractivity contribution is 5.36. The third-order valence-electron chi connectivity index (χ3n) is 4.16. The molecule has 3 N–H and O–H groups in total. The van der Waals surface area contributed by atoms with E-state index in [-0.39, 0.29) is 6.04 Å². The number of para-hydroxylation sites is 1. The van der Waals surface area contributed by atoms with Gasteiger partial charge in [-0.3, -0.25) is 0 Å². The van der Waals surface area contributed by atoms with E-state index in [9.17, 15) is 0 Å². The van der Waals surface area contributed by atoms with Gasteiger partial charge in [-0.05, 0) is 30.7 Å². The molecule has 0 heterocycles. The molecule has 0 amide bonds. The molecule has 2 unspecified atom stereocenters. The maximum absolute atomic E-state index is 5.96. The molecular weight excluding hydrogens is 236 g/mol. The Morgan fingerprint density at radius 1 is 1.42 bits per heavy atom. The smallest absolute Gasteiger partial charge is 0.123 e. The standard InChI is InChI=1S/C16H26N2O/c1-16(2)9-8-12(10-16)18-14(11-17)13-6-4-5-7-15(13)19-3/h4-7,12,14,18H,8-11,17H2,1-3H3. The summed E-state index contributed by atoms with van der Waals surface area (Å²) in [5.41, 5.74) is 7.58. The molecule has 1 aliphatic rings. The number of ether oxygens (including phenoxy) is 1. The van der Waals surface area contributed by atoms with Crippen molar-refractivity contribution < 1.29 is 4.74 Å². The van der Waals surface area contributed by atoms with Crippen LogP contribution < -0.4 is 15.8 Å². The molecule has 106 valence electrons. The summed E-state index contributed by atoms with van der Waals surface area (Å²) in [6.07, 6.45) is 3.74. The highest BCUT2D eigenvalue weighted by Crippen LogP contribution is 2.38. The van der Waals surface area contributed by atoms with E-state index in [0.717, 1.165) is 11.3 Å². The van der Waals surface area contributed by atoms with Gasteiger partial charge in [0.05, 0.1) is 7.11 Å². The summed E-state index contributed by atoms with van der Waals surface area (Å²) in [6.45, 7) is 5.28. The summed E-state index contributed by atoms with van der Waals surface area (Å²) in [4.78, 5) is 0. The van der Waals surface area contributed by atoms with Gasteiger partial charge < -0.3 is 15.8 Å². The maximum atomic E-state index is 5.96. The van der Waals surface area contributed by atoms with Crippen LogP contribution in [0, 0.1) is 5.41 Å². The van der Waals surface area contributed by atoms with E-state index in [1.54, 1.807) is 7.11 Å². The molecule has 2 atom stereocenters. The van der Waals surface area contributed by atoms with Gasteiger partial charge in [-0.1, -0.05) is 32.0 Å². The number of methoxy groups -OCH3 is 1. The number of nitrogens with one attached hydrogen (secondary N) is 1. The van der Waals surface area contributed by atoms with Gasteiger partial charge in [-0.15, -0.1) is 0 Å². The summed E-state index contributed by atoms with van der Waals surface area (Å²) in [6, 6.07) is 8.88.